The lowest BCUT2D eigenvalue weighted by Crippen LogP contribution is -2.46. The van der Waals surface area contributed by atoms with Crippen LogP contribution in [0.1, 0.15) is 52.9 Å². The van der Waals surface area contributed by atoms with Gasteiger partial charge in [0.1, 0.15) is 5.78 Å². The van der Waals surface area contributed by atoms with Gasteiger partial charge in [0.25, 0.3) is 0 Å². The van der Waals surface area contributed by atoms with Crippen LogP contribution < -0.4 is 0 Å². The highest BCUT2D eigenvalue weighted by Crippen LogP contribution is 2.66. The van der Waals surface area contributed by atoms with E-state index in [9.17, 15) is 4.79 Å². The van der Waals surface area contributed by atoms with Crippen LogP contribution in [0.25, 0.3) is 0 Å². The van der Waals surface area contributed by atoms with E-state index in [1.165, 1.54) is 32.1 Å². The van der Waals surface area contributed by atoms with Gasteiger partial charge in [-0.3, -0.25) is 4.79 Å². The van der Waals surface area contributed by atoms with E-state index >= 15 is 0 Å². The van der Waals surface area contributed by atoms with E-state index in [4.69, 9.17) is 0 Å². The van der Waals surface area contributed by atoms with Gasteiger partial charge in [0.05, 0.1) is 0 Å². The normalized spacial score (nSPS) is 51.9. The summed E-state index contributed by atoms with van der Waals surface area (Å²) in [6.07, 6.45) is 6.45. The van der Waals surface area contributed by atoms with E-state index < -0.39 is 0 Å². The molecule has 0 heterocycles. The van der Waals surface area contributed by atoms with Crippen molar-refractivity contribution in [3.8, 4) is 0 Å². The molecule has 0 aliphatic heterocycles. The fraction of sp³-hybridized carbons (Fsp3) is 0.929. The van der Waals surface area contributed by atoms with Crippen LogP contribution in [0.3, 0.4) is 0 Å². The zero-order valence-electron chi connectivity index (χ0n) is 10.2. The van der Waals surface area contributed by atoms with Gasteiger partial charge in [-0.15, -0.1) is 0 Å². The number of fused-ring (bicyclic) bond motifs is 1. The molecule has 3 aliphatic rings. The van der Waals surface area contributed by atoms with Gasteiger partial charge in [-0.25, -0.2) is 0 Å². The minimum atomic E-state index is -0.0191. The molecule has 84 valence electrons. The van der Waals surface area contributed by atoms with Crippen LogP contribution in [0.5, 0.6) is 0 Å². The molecule has 3 rings (SSSR count). The van der Waals surface area contributed by atoms with Crippen molar-refractivity contribution in [2.75, 3.05) is 0 Å². The van der Waals surface area contributed by atoms with Gasteiger partial charge < -0.3 is 0 Å². The molecule has 0 aromatic rings. The summed E-state index contributed by atoms with van der Waals surface area (Å²) in [4.78, 5) is 12.5. The largest absolute Gasteiger partial charge is 0.299 e. The summed E-state index contributed by atoms with van der Waals surface area (Å²) in [5.74, 6) is 2.50. The Kier molecular flexibility index (Phi) is 1.76. The number of carbonyl (C=O) groups is 1. The van der Waals surface area contributed by atoms with Crippen LogP contribution in [0, 0.1) is 28.6 Å². The zero-order valence-corrected chi connectivity index (χ0v) is 10.2. The molecule has 0 N–H and O–H groups in total. The van der Waals surface area contributed by atoms with Crippen LogP contribution in [-0.2, 0) is 4.79 Å². The molecule has 1 nitrogen and oxygen atoms in total. The molecule has 15 heavy (non-hydrogen) atoms. The Morgan fingerprint density at radius 1 is 1.20 bits per heavy atom. The lowest BCUT2D eigenvalue weighted by Gasteiger charge is -2.45. The topological polar surface area (TPSA) is 17.1 Å². The van der Waals surface area contributed by atoms with E-state index in [2.05, 4.69) is 20.8 Å². The SMILES string of the molecule is C[C@H]1CC[C@H]2C(=O)C(C)(C)[C@H]3CC[C@@]12C3. The van der Waals surface area contributed by atoms with Crippen LogP contribution >= 0.6 is 0 Å². The van der Waals surface area contributed by atoms with E-state index in [-0.39, 0.29) is 5.41 Å². The Hall–Kier alpha value is -0.330. The minimum absolute atomic E-state index is 0.0191. The Labute approximate surface area is 92.6 Å². The van der Waals surface area contributed by atoms with E-state index in [0.29, 0.717) is 23.0 Å². The van der Waals surface area contributed by atoms with Crippen molar-refractivity contribution in [2.45, 2.75) is 52.9 Å². The van der Waals surface area contributed by atoms with Crippen molar-refractivity contribution in [1.29, 1.82) is 0 Å². The van der Waals surface area contributed by atoms with Crippen LogP contribution in [0.15, 0.2) is 0 Å². The summed E-state index contributed by atoms with van der Waals surface area (Å²) >= 11 is 0. The van der Waals surface area contributed by atoms with Gasteiger partial charge in [-0.2, -0.15) is 0 Å². The summed E-state index contributed by atoms with van der Waals surface area (Å²) in [6, 6.07) is 0. The highest BCUT2D eigenvalue weighted by atomic mass is 16.1. The molecular formula is C14H22O. The van der Waals surface area contributed by atoms with E-state index in [1.807, 2.05) is 0 Å². The molecule has 0 saturated heterocycles. The fourth-order valence-corrected chi connectivity index (χ4v) is 4.86. The molecule has 1 spiro atoms. The smallest absolute Gasteiger partial charge is 0.142 e. The first-order valence-electron chi connectivity index (χ1n) is 6.53. The summed E-state index contributed by atoms with van der Waals surface area (Å²) in [7, 11) is 0. The van der Waals surface area contributed by atoms with Gasteiger partial charge in [0, 0.05) is 11.3 Å². The molecule has 0 aromatic carbocycles. The maximum atomic E-state index is 12.5. The molecule has 0 aromatic heterocycles. The molecule has 4 atom stereocenters. The van der Waals surface area contributed by atoms with Crippen LogP contribution in [0.2, 0.25) is 0 Å². The van der Waals surface area contributed by atoms with Gasteiger partial charge in [0.15, 0.2) is 0 Å². The summed E-state index contributed by atoms with van der Waals surface area (Å²) in [6.45, 7) is 6.77. The standard InChI is InChI=1S/C14H22O/c1-9-4-5-11-12(15)13(2,3)10-6-7-14(9,11)8-10/h9-11H,4-8H2,1-3H3/t9-,10-,11-,14+/m0/s1. The lowest BCUT2D eigenvalue weighted by molar-refractivity contribution is -0.142. The fourth-order valence-electron chi connectivity index (χ4n) is 4.86. The molecule has 0 radical (unpaired) electrons. The first kappa shape index (κ1) is 9.86. The summed E-state index contributed by atoms with van der Waals surface area (Å²) in [5, 5.41) is 0. The number of hydrogen-bond acceptors (Lipinski definition) is 1. The van der Waals surface area contributed by atoms with Crippen molar-refractivity contribution in [2.24, 2.45) is 28.6 Å². The Bertz CT molecular complexity index is 317. The minimum Gasteiger partial charge on any atom is -0.299 e. The monoisotopic (exact) mass is 206 g/mol. The molecule has 3 fully saturated rings. The third-order valence-electron chi connectivity index (χ3n) is 6.12. The number of rotatable bonds is 0. The summed E-state index contributed by atoms with van der Waals surface area (Å²) < 4.78 is 0. The number of Topliss-reactive ketones (excluding diaryl/α,β-unsaturated/α-hetero) is 1. The zero-order chi connectivity index (χ0) is 10.8. The van der Waals surface area contributed by atoms with Gasteiger partial charge in [-0.1, -0.05) is 20.8 Å². The maximum absolute atomic E-state index is 12.5. The van der Waals surface area contributed by atoms with Crippen molar-refractivity contribution >= 4 is 5.78 Å². The number of carbonyl (C=O) groups excluding carboxylic acids is 1. The first-order valence-corrected chi connectivity index (χ1v) is 6.53. The van der Waals surface area contributed by atoms with E-state index in [1.54, 1.807) is 0 Å². The van der Waals surface area contributed by atoms with E-state index in [0.717, 1.165) is 5.92 Å². The van der Waals surface area contributed by atoms with Crippen molar-refractivity contribution in [1.82, 2.24) is 0 Å². The van der Waals surface area contributed by atoms with Gasteiger partial charge in [-0.05, 0) is 49.4 Å². The van der Waals surface area contributed by atoms with Crippen LogP contribution in [-0.4, -0.2) is 5.78 Å². The highest BCUT2D eigenvalue weighted by Gasteiger charge is 2.63. The Balaban J connectivity index is 2.07. The predicted octanol–water partition coefficient (Wildman–Crippen LogP) is 3.43. The van der Waals surface area contributed by atoms with Crippen molar-refractivity contribution in [3.63, 3.8) is 0 Å². The molecule has 0 unspecified atom stereocenters. The third kappa shape index (κ3) is 0.976. The molecule has 3 aliphatic carbocycles. The second kappa shape index (κ2) is 2.67. The quantitative estimate of drug-likeness (QED) is 0.593. The summed E-state index contributed by atoms with van der Waals surface area (Å²) in [5.41, 5.74) is 0.423. The number of ketones is 1. The Morgan fingerprint density at radius 2 is 1.93 bits per heavy atom. The maximum Gasteiger partial charge on any atom is 0.142 e. The second-order valence-electron chi connectivity index (χ2n) is 6.79. The highest BCUT2D eigenvalue weighted by molar-refractivity contribution is 5.89. The molecular weight excluding hydrogens is 184 g/mol. The average Bonchev–Trinajstić information content (AvgIpc) is 2.72. The molecule has 3 saturated carbocycles. The van der Waals surface area contributed by atoms with Gasteiger partial charge >= 0.3 is 0 Å². The molecule has 2 bridgehead atoms. The van der Waals surface area contributed by atoms with Crippen molar-refractivity contribution in [3.05, 3.63) is 0 Å². The van der Waals surface area contributed by atoms with Crippen LogP contribution in [0.4, 0.5) is 0 Å². The Morgan fingerprint density at radius 3 is 2.67 bits per heavy atom. The van der Waals surface area contributed by atoms with Crippen molar-refractivity contribution < 1.29 is 4.79 Å². The molecule has 0 amide bonds. The predicted molar refractivity (Wildman–Crippen MR) is 60.5 cm³/mol. The third-order valence-corrected chi connectivity index (χ3v) is 6.12. The molecule has 1 heteroatoms. The second-order valence-corrected chi connectivity index (χ2v) is 6.79. The number of hydrogen-bond donors (Lipinski definition) is 0. The first-order chi connectivity index (χ1) is 6.98. The lowest BCUT2D eigenvalue weighted by atomic mass is 9.58. The van der Waals surface area contributed by atoms with Gasteiger partial charge in [0.2, 0.25) is 0 Å². The average molecular weight is 206 g/mol.